The van der Waals surface area contributed by atoms with E-state index < -0.39 is 0 Å². The standard InChI is InChI=1S/C15H17N5S/c1-3-13-7-8-14(21-13)10(2)16-12-6-4-5-11(9-12)15-17-19-20-18-15/h4-10,16H,3H2,1-2H3,(H,17,18,19,20). The molecule has 0 radical (unpaired) electrons. The number of thiophene rings is 1. The van der Waals surface area contributed by atoms with Crippen LogP contribution in [0.4, 0.5) is 5.69 Å². The van der Waals surface area contributed by atoms with Crippen molar-refractivity contribution in [2.24, 2.45) is 0 Å². The van der Waals surface area contributed by atoms with E-state index in [1.807, 2.05) is 29.5 Å². The molecule has 0 saturated heterocycles. The Morgan fingerprint density at radius 3 is 2.90 bits per heavy atom. The Hall–Kier alpha value is -2.21. The lowest BCUT2D eigenvalue weighted by molar-refractivity contribution is 0.881. The highest BCUT2D eigenvalue weighted by Gasteiger charge is 2.09. The summed E-state index contributed by atoms with van der Waals surface area (Å²) in [6, 6.07) is 12.7. The van der Waals surface area contributed by atoms with Crippen LogP contribution in [0, 0.1) is 0 Å². The van der Waals surface area contributed by atoms with Gasteiger partial charge in [-0.2, -0.15) is 5.21 Å². The highest BCUT2D eigenvalue weighted by molar-refractivity contribution is 7.12. The summed E-state index contributed by atoms with van der Waals surface area (Å²) in [5.41, 5.74) is 2.00. The second-order valence-corrected chi connectivity index (χ2v) is 6.04. The first-order valence-electron chi connectivity index (χ1n) is 6.95. The number of nitrogens with one attached hydrogen (secondary N) is 2. The van der Waals surface area contributed by atoms with Crippen LogP contribution in [0.1, 0.15) is 29.6 Å². The van der Waals surface area contributed by atoms with Gasteiger partial charge in [-0.1, -0.05) is 19.1 Å². The fourth-order valence-electron chi connectivity index (χ4n) is 2.17. The quantitative estimate of drug-likeness (QED) is 0.754. The van der Waals surface area contributed by atoms with Crippen LogP contribution in [-0.4, -0.2) is 20.6 Å². The van der Waals surface area contributed by atoms with Crippen molar-refractivity contribution in [1.82, 2.24) is 20.6 Å². The Morgan fingerprint density at radius 1 is 1.29 bits per heavy atom. The van der Waals surface area contributed by atoms with Crippen LogP contribution in [0.2, 0.25) is 0 Å². The highest BCUT2D eigenvalue weighted by atomic mass is 32.1. The first-order valence-corrected chi connectivity index (χ1v) is 7.77. The van der Waals surface area contributed by atoms with Crippen molar-refractivity contribution < 1.29 is 0 Å². The lowest BCUT2D eigenvalue weighted by atomic mass is 10.1. The SMILES string of the molecule is CCc1ccc(C(C)Nc2cccc(-c3nn[nH]n3)c2)s1. The molecule has 2 aromatic heterocycles. The van der Waals surface area contributed by atoms with Crippen LogP contribution >= 0.6 is 11.3 Å². The highest BCUT2D eigenvalue weighted by Crippen LogP contribution is 2.27. The Labute approximate surface area is 127 Å². The number of aryl methyl sites for hydroxylation is 1. The van der Waals surface area contributed by atoms with E-state index in [-0.39, 0.29) is 6.04 Å². The molecule has 0 aliphatic carbocycles. The third kappa shape index (κ3) is 3.11. The summed E-state index contributed by atoms with van der Waals surface area (Å²) in [4.78, 5) is 2.76. The zero-order chi connectivity index (χ0) is 14.7. The minimum atomic E-state index is 0.274. The minimum Gasteiger partial charge on any atom is -0.378 e. The number of anilines is 1. The van der Waals surface area contributed by atoms with E-state index in [4.69, 9.17) is 0 Å². The fraction of sp³-hybridized carbons (Fsp3) is 0.267. The largest absolute Gasteiger partial charge is 0.378 e. The van der Waals surface area contributed by atoms with Gasteiger partial charge in [0.15, 0.2) is 0 Å². The molecule has 2 N–H and O–H groups in total. The number of aromatic nitrogens is 4. The second kappa shape index (κ2) is 6.05. The van der Waals surface area contributed by atoms with Gasteiger partial charge in [-0.25, -0.2) is 0 Å². The maximum absolute atomic E-state index is 4.01. The summed E-state index contributed by atoms with van der Waals surface area (Å²) in [5.74, 6) is 0.607. The average molecular weight is 299 g/mol. The van der Waals surface area contributed by atoms with Gasteiger partial charge in [0.1, 0.15) is 0 Å². The summed E-state index contributed by atoms with van der Waals surface area (Å²) in [5, 5.41) is 17.6. The first-order chi connectivity index (χ1) is 10.3. The topological polar surface area (TPSA) is 66.5 Å². The predicted octanol–water partition coefficient (Wildman–Crippen LogP) is 3.66. The van der Waals surface area contributed by atoms with E-state index in [9.17, 15) is 0 Å². The first kappa shape index (κ1) is 13.8. The van der Waals surface area contributed by atoms with E-state index in [2.05, 4.69) is 58.0 Å². The molecule has 6 heteroatoms. The van der Waals surface area contributed by atoms with Gasteiger partial charge in [-0.05, 0) is 42.8 Å². The summed E-state index contributed by atoms with van der Waals surface area (Å²) in [6.45, 7) is 4.36. The average Bonchev–Trinajstić information content (AvgIpc) is 3.19. The van der Waals surface area contributed by atoms with Crippen LogP contribution < -0.4 is 5.32 Å². The molecule has 0 amide bonds. The van der Waals surface area contributed by atoms with Gasteiger partial charge in [0.25, 0.3) is 0 Å². The molecule has 1 aromatic carbocycles. The molecule has 0 aliphatic heterocycles. The van der Waals surface area contributed by atoms with E-state index in [0.717, 1.165) is 17.7 Å². The number of benzene rings is 1. The zero-order valence-electron chi connectivity index (χ0n) is 12.0. The molecular weight excluding hydrogens is 282 g/mol. The molecule has 0 spiro atoms. The molecule has 0 aliphatic rings. The molecule has 21 heavy (non-hydrogen) atoms. The fourth-order valence-corrected chi connectivity index (χ4v) is 3.13. The number of rotatable bonds is 5. The van der Waals surface area contributed by atoms with Crippen molar-refractivity contribution >= 4 is 17.0 Å². The number of tetrazole rings is 1. The molecule has 1 unspecified atom stereocenters. The molecule has 2 heterocycles. The van der Waals surface area contributed by atoms with Gasteiger partial charge < -0.3 is 5.32 Å². The van der Waals surface area contributed by atoms with Crippen LogP contribution in [-0.2, 0) is 6.42 Å². The van der Waals surface area contributed by atoms with Crippen molar-refractivity contribution in [1.29, 1.82) is 0 Å². The molecule has 108 valence electrons. The molecule has 0 bridgehead atoms. The maximum atomic E-state index is 4.01. The van der Waals surface area contributed by atoms with Crippen molar-refractivity contribution in [2.45, 2.75) is 26.3 Å². The van der Waals surface area contributed by atoms with Gasteiger partial charge in [0, 0.05) is 21.0 Å². The third-order valence-corrected chi connectivity index (χ3v) is 4.72. The van der Waals surface area contributed by atoms with Crippen LogP contribution in [0.5, 0.6) is 0 Å². The third-order valence-electron chi connectivity index (χ3n) is 3.31. The molecule has 1 atom stereocenters. The normalized spacial score (nSPS) is 12.3. The van der Waals surface area contributed by atoms with Crippen molar-refractivity contribution in [3.05, 3.63) is 46.2 Å². The van der Waals surface area contributed by atoms with E-state index in [1.165, 1.54) is 9.75 Å². The lowest BCUT2D eigenvalue weighted by Gasteiger charge is -2.14. The Kier molecular flexibility index (Phi) is 3.96. The number of nitrogens with zero attached hydrogens (tertiary/aromatic N) is 3. The molecule has 3 rings (SSSR count). The zero-order valence-corrected chi connectivity index (χ0v) is 12.8. The monoisotopic (exact) mass is 299 g/mol. The Morgan fingerprint density at radius 2 is 2.19 bits per heavy atom. The molecule has 0 saturated carbocycles. The van der Waals surface area contributed by atoms with E-state index in [0.29, 0.717) is 5.82 Å². The molecule has 0 fully saturated rings. The van der Waals surface area contributed by atoms with Crippen LogP contribution in [0.3, 0.4) is 0 Å². The van der Waals surface area contributed by atoms with Crippen molar-refractivity contribution in [3.63, 3.8) is 0 Å². The smallest absolute Gasteiger partial charge is 0.204 e. The number of H-pyrrole nitrogens is 1. The maximum Gasteiger partial charge on any atom is 0.204 e. The van der Waals surface area contributed by atoms with Crippen molar-refractivity contribution in [2.75, 3.05) is 5.32 Å². The lowest BCUT2D eigenvalue weighted by Crippen LogP contribution is -2.04. The summed E-state index contributed by atoms with van der Waals surface area (Å²) < 4.78 is 0. The minimum absolute atomic E-state index is 0.274. The Balaban J connectivity index is 1.77. The van der Waals surface area contributed by atoms with Crippen LogP contribution in [0.15, 0.2) is 36.4 Å². The van der Waals surface area contributed by atoms with Crippen LogP contribution in [0.25, 0.3) is 11.4 Å². The second-order valence-electron chi connectivity index (χ2n) is 4.84. The van der Waals surface area contributed by atoms with Crippen molar-refractivity contribution in [3.8, 4) is 11.4 Å². The van der Waals surface area contributed by atoms with Gasteiger partial charge in [0.2, 0.25) is 5.82 Å². The van der Waals surface area contributed by atoms with E-state index in [1.54, 1.807) is 0 Å². The van der Waals surface area contributed by atoms with Gasteiger partial charge in [0.05, 0.1) is 6.04 Å². The van der Waals surface area contributed by atoms with Gasteiger partial charge in [-0.15, -0.1) is 21.5 Å². The Bertz CT molecular complexity index is 704. The summed E-state index contributed by atoms with van der Waals surface area (Å²) in [6.07, 6.45) is 1.09. The number of aromatic amines is 1. The molecular formula is C15H17N5S. The number of hydrogen-bond acceptors (Lipinski definition) is 5. The van der Waals surface area contributed by atoms with Gasteiger partial charge >= 0.3 is 0 Å². The number of hydrogen-bond donors (Lipinski definition) is 2. The molecule has 5 nitrogen and oxygen atoms in total. The predicted molar refractivity (Wildman–Crippen MR) is 85.3 cm³/mol. The summed E-state index contributed by atoms with van der Waals surface area (Å²) >= 11 is 1.86. The van der Waals surface area contributed by atoms with Gasteiger partial charge in [-0.3, -0.25) is 0 Å². The molecule has 3 aromatic rings. The summed E-state index contributed by atoms with van der Waals surface area (Å²) in [7, 11) is 0. The van der Waals surface area contributed by atoms with E-state index >= 15 is 0 Å².